The van der Waals surface area contributed by atoms with E-state index in [0.717, 1.165) is 25.4 Å². The fraction of sp³-hybridized carbons (Fsp3) is 1.00. The van der Waals surface area contributed by atoms with Crippen molar-refractivity contribution in [1.29, 1.82) is 0 Å². The summed E-state index contributed by atoms with van der Waals surface area (Å²) in [6.45, 7) is 0.910. The lowest BCUT2D eigenvalue weighted by atomic mass is 10.1. The number of hydrazine groups is 1. The lowest BCUT2D eigenvalue weighted by molar-refractivity contribution is 0.122. The molecule has 0 amide bonds. The van der Waals surface area contributed by atoms with Crippen LogP contribution in [0.25, 0.3) is 0 Å². The summed E-state index contributed by atoms with van der Waals surface area (Å²) in [5.41, 5.74) is 2.67. The summed E-state index contributed by atoms with van der Waals surface area (Å²) in [5, 5.41) is 0. The first-order chi connectivity index (χ1) is 8.24. The third-order valence-corrected chi connectivity index (χ3v) is 5.82. The van der Waals surface area contributed by atoms with Crippen LogP contribution in [0.2, 0.25) is 6.04 Å². The smallest absolute Gasteiger partial charge is 0.377 e. The van der Waals surface area contributed by atoms with Crippen LogP contribution in [0.5, 0.6) is 0 Å². The molecular weight excluding hydrogens is 236 g/mol. The summed E-state index contributed by atoms with van der Waals surface area (Å²) in [6.07, 6.45) is 7.24. The SMILES string of the molecule is CO[Si](CCCCCCCCNN)(OC)OC. The van der Waals surface area contributed by atoms with Gasteiger partial charge in [-0.25, -0.2) is 0 Å². The molecule has 0 atom stereocenters. The largest absolute Gasteiger partial charge is 0.500 e. The van der Waals surface area contributed by atoms with E-state index in [2.05, 4.69) is 5.43 Å². The Morgan fingerprint density at radius 1 is 0.824 bits per heavy atom. The molecule has 0 fully saturated rings. The molecule has 0 heterocycles. The Morgan fingerprint density at radius 3 is 1.76 bits per heavy atom. The van der Waals surface area contributed by atoms with E-state index in [0.29, 0.717) is 0 Å². The van der Waals surface area contributed by atoms with Gasteiger partial charge in [0.1, 0.15) is 0 Å². The van der Waals surface area contributed by atoms with Crippen molar-refractivity contribution in [3.05, 3.63) is 0 Å². The van der Waals surface area contributed by atoms with Crippen LogP contribution in [-0.2, 0) is 13.3 Å². The van der Waals surface area contributed by atoms with Crippen LogP contribution in [0, 0.1) is 0 Å². The first-order valence-electron chi connectivity index (χ1n) is 6.33. The second-order valence-corrected chi connectivity index (χ2v) is 7.21. The van der Waals surface area contributed by atoms with Crippen molar-refractivity contribution < 1.29 is 13.3 Å². The van der Waals surface area contributed by atoms with Crippen LogP contribution in [0.15, 0.2) is 0 Å². The van der Waals surface area contributed by atoms with Crippen LogP contribution in [0.3, 0.4) is 0 Å². The monoisotopic (exact) mass is 264 g/mol. The third kappa shape index (κ3) is 7.85. The molecule has 0 saturated heterocycles. The summed E-state index contributed by atoms with van der Waals surface area (Å²) in [6, 6.07) is 0.904. The molecular formula is C11H28N2O3Si. The maximum atomic E-state index is 5.37. The van der Waals surface area contributed by atoms with Gasteiger partial charge < -0.3 is 13.3 Å². The van der Waals surface area contributed by atoms with Gasteiger partial charge in [0.05, 0.1) is 0 Å². The molecule has 0 aliphatic heterocycles. The van der Waals surface area contributed by atoms with Gasteiger partial charge in [0.15, 0.2) is 0 Å². The lowest BCUT2D eigenvalue weighted by Crippen LogP contribution is -2.42. The van der Waals surface area contributed by atoms with Crippen molar-refractivity contribution in [3.63, 3.8) is 0 Å². The molecule has 3 N–H and O–H groups in total. The van der Waals surface area contributed by atoms with E-state index < -0.39 is 8.80 Å². The predicted octanol–water partition coefficient (Wildman–Crippen LogP) is 1.67. The highest BCUT2D eigenvalue weighted by Crippen LogP contribution is 2.18. The van der Waals surface area contributed by atoms with Gasteiger partial charge in [0.25, 0.3) is 0 Å². The minimum absolute atomic E-state index is 0.904. The second kappa shape index (κ2) is 11.1. The molecule has 0 aliphatic rings. The van der Waals surface area contributed by atoms with E-state index in [-0.39, 0.29) is 0 Å². The molecule has 5 nitrogen and oxygen atoms in total. The average Bonchev–Trinajstić information content (AvgIpc) is 2.38. The van der Waals surface area contributed by atoms with Gasteiger partial charge in [-0.05, 0) is 12.8 Å². The Kier molecular flexibility index (Phi) is 11.1. The summed E-state index contributed by atoms with van der Waals surface area (Å²) in [7, 11) is 2.67. The molecule has 0 aliphatic carbocycles. The molecule has 0 unspecified atom stereocenters. The zero-order valence-corrected chi connectivity index (χ0v) is 12.5. The summed E-state index contributed by atoms with van der Waals surface area (Å²) < 4.78 is 16.1. The quantitative estimate of drug-likeness (QED) is 0.243. The highest BCUT2D eigenvalue weighted by molar-refractivity contribution is 6.60. The number of unbranched alkanes of at least 4 members (excludes halogenated alkanes) is 5. The zero-order valence-electron chi connectivity index (χ0n) is 11.5. The molecule has 0 aromatic carbocycles. The van der Waals surface area contributed by atoms with Crippen LogP contribution in [-0.4, -0.2) is 36.7 Å². The van der Waals surface area contributed by atoms with Gasteiger partial charge in [-0.1, -0.05) is 25.7 Å². The molecule has 0 aromatic rings. The van der Waals surface area contributed by atoms with E-state index in [4.69, 9.17) is 19.1 Å². The van der Waals surface area contributed by atoms with Crippen LogP contribution < -0.4 is 11.3 Å². The summed E-state index contributed by atoms with van der Waals surface area (Å²) in [4.78, 5) is 0. The molecule has 0 radical (unpaired) electrons. The topological polar surface area (TPSA) is 65.7 Å². The minimum atomic E-state index is -2.33. The molecule has 0 spiro atoms. The minimum Gasteiger partial charge on any atom is -0.377 e. The van der Waals surface area contributed by atoms with Crippen molar-refractivity contribution >= 4 is 8.80 Å². The first kappa shape index (κ1) is 17.0. The number of nitrogens with two attached hydrogens (primary N) is 1. The van der Waals surface area contributed by atoms with E-state index in [9.17, 15) is 0 Å². The maximum Gasteiger partial charge on any atom is 0.500 e. The lowest BCUT2D eigenvalue weighted by Gasteiger charge is -2.24. The number of rotatable bonds is 12. The van der Waals surface area contributed by atoms with E-state index >= 15 is 0 Å². The van der Waals surface area contributed by atoms with Gasteiger partial charge in [-0.2, -0.15) is 0 Å². The van der Waals surface area contributed by atoms with Crippen molar-refractivity contribution in [2.75, 3.05) is 27.9 Å². The van der Waals surface area contributed by atoms with E-state index in [1.165, 1.54) is 25.7 Å². The zero-order chi connectivity index (χ0) is 13.0. The molecule has 0 aromatic heterocycles. The average molecular weight is 264 g/mol. The van der Waals surface area contributed by atoms with Gasteiger partial charge >= 0.3 is 8.80 Å². The van der Waals surface area contributed by atoms with Gasteiger partial charge in [-0.3, -0.25) is 11.3 Å². The van der Waals surface area contributed by atoms with Crippen molar-refractivity contribution in [2.24, 2.45) is 5.84 Å². The van der Waals surface area contributed by atoms with Crippen LogP contribution in [0.1, 0.15) is 38.5 Å². The Hall–Kier alpha value is 0.0169. The van der Waals surface area contributed by atoms with Gasteiger partial charge in [0, 0.05) is 33.9 Å². The first-order valence-corrected chi connectivity index (χ1v) is 8.26. The van der Waals surface area contributed by atoms with Gasteiger partial charge in [0.2, 0.25) is 0 Å². The summed E-state index contributed by atoms with van der Waals surface area (Å²) in [5.74, 6) is 5.20. The number of nitrogens with one attached hydrogen (secondary N) is 1. The molecule has 17 heavy (non-hydrogen) atoms. The highest BCUT2D eigenvalue weighted by atomic mass is 28.4. The molecule has 0 rings (SSSR count). The number of hydrogen-bond acceptors (Lipinski definition) is 5. The molecule has 6 heteroatoms. The second-order valence-electron chi connectivity index (χ2n) is 4.12. The standard InChI is InChI=1S/C11H28N2O3Si/c1-14-17(15-2,16-3)11-9-7-5-4-6-8-10-13-12/h13H,4-12H2,1-3H3. The van der Waals surface area contributed by atoms with Gasteiger partial charge in [-0.15, -0.1) is 0 Å². The van der Waals surface area contributed by atoms with E-state index in [1.807, 2.05) is 0 Å². The Balaban J connectivity index is 3.43. The number of hydrogen-bond donors (Lipinski definition) is 2. The Labute approximate surface area is 106 Å². The van der Waals surface area contributed by atoms with Crippen LogP contribution in [0.4, 0.5) is 0 Å². The van der Waals surface area contributed by atoms with E-state index in [1.54, 1.807) is 21.3 Å². The molecule has 0 saturated carbocycles. The fourth-order valence-electron chi connectivity index (χ4n) is 1.83. The molecule has 104 valence electrons. The van der Waals surface area contributed by atoms with Crippen LogP contribution >= 0.6 is 0 Å². The summed E-state index contributed by atoms with van der Waals surface area (Å²) >= 11 is 0. The maximum absolute atomic E-state index is 5.37. The third-order valence-electron chi connectivity index (χ3n) is 2.99. The highest BCUT2D eigenvalue weighted by Gasteiger charge is 2.36. The van der Waals surface area contributed by atoms with Crippen molar-refractivity contribution in [3.8, 4) is 0 Å². The molecule has 0 bridgehead atoms. The van der Waals surface area contributed by atoms with Crippen molar-refractivity contribution in [2.45, 2.75) is 44.6 Å². The normalized spacial score (nSPS) is 12.0. The Bertz CT molecular complexity index is 161. The fourth-order valence-corrected chi connectivity index (χ4v) is 3.63. The predicted molar refractivity (Wildman–Crippen MR) is 71.5 cm³/mol. The Morgan fingerprint density at radius 2 is 1.29 bits per heavy atom. The van der Waals surface area contributed by atoms with Crippen molar-refractivity contribution in [1.82, 2.24) is 5.43 Å².